The molecule has 0 atom stereocenters. The Hall–Kier alpha value is -5.98. The molecule has 380 valence electrons. The van der Waals surface area contributed by atoms with Gasteiger partial charge in [0, 0.05) is 0 Å². The number of fused-ring (bicyclic) bond motifs is 7. The zero-order valence-corrected chi connectivity index (χ0v) is 48.7. The summed E-state index contributed by atoms with van der Waals surface area (Å²) in [5, 5.41) is 0. The Morgan fingerprint density at radius 2 is 0.915 bits per heavy atom. The first-order chi connectivity index (χ1) is 34.9. The second-order valence-corrected chi connectivity index (χ2v) is 15.8. The van der Waals surface area contributed by atoms with Crippen LogP contribution >= 0.6 is 0 Å². The van der Waals surface area contributed by atoms with Gasteiger partial charge in [-0.05, 0) is 163 Å². The summed E-state index contributed by atoms with van der Waals surface area (Å²) in [6, 6.07) is 47.9. The zero-order valence-electron chi connectivity index (χ0n) is 48.7. The lowest BCUT2D eigenvalue weighted by molar-refractivity contribution is 0.866. The molecule has 0 N–H and O–H groups in total. The Morgan fingerprint density at radius 1 is 0.479 bits per heavy atom. The van der Waals surface area contributed by atoms with Crippen LogP contribution in [0.1, 0.15) is 218 Å². The van der Waals surface area contributed by atoms with Gasteiger partial charge in [-0.2, -0.15) is 0 Å². The van der Waals surface area contributed by atoms with Crippen LogP contribution in [0.2, 0.25) is 0 Å². The molecule has 0 heterocycles. The van der Waals surface area contributed by atoms with Crippen molar-refractivity contribution in [3.05, 3.63) is 212 Å². The van der Waals surface area contributed by atoms with Crippen molar-refractivity contribution in [2.24, 2.45) is 0 Å². The molecular formula is C71H96. The Balaban J connectivity index is 0.00000144. The first-order valence-electron chi connectivity index (χ1n) is 28.1. The van der Waals surface area contributed by atoms with Crippen molar-refractivity contribution >= 4 is 34.9 Å². The summed E-state index contributed by atoms with van der Waals surface area (Å²) in [5.74, 6) is 0.494. The maximum atomic E-state index is 2.54. The molecule has 0 unspecified atom stereocenters. The molecule has 9 rings (SSSR count). The van der Waals surface area contributed by atoms with Gasteiger partial charge in [0.2, 0.25) is 0 Å². The van der Waals surface area contributed by atoms with Gasteiger partial charge in [-0.15, -0.1) is 0 Å². The highest BCUT2D eigenvalue weighted by molar-refractivity contribution is 6.19. The van der Waals surface area contributed by atoms with Gasteiger partial charge >= 0.3 is 0 Å². The lowest BCUT2D eigenvalue weighted by Crippen LogP contribution is -2.02. The van der Waals surface area contributed by atoms with E-state index in [-0.39, 0.29) is 0 Å². The lowest BCUT2D eigenvalue weighted by Gasteiger charge is -2.22. The quantitative estimate of drug-likeness (QED) is 0.149. The van der Waals surface area contributed by atoms with Gasteiger partial charge in [0.05, 0.1) is 0 Å². The van der Waals surface area contributed by atoms with Crippen molar-refractivity contribution in [3.63, 3.8) is 0 Å². The third-order valence-corrected chi connectivity index (χ3v) is 11.9. The van der Waals surface area contributed by atoms with Crippen LogP contribution in [-0.4, -0.2) is 0 Å². The molecule has 0 radical (unpaired) electrons. The number of rotatable bonds is 7. The van der Waals surface area contributed by atoms with Gasteiger partial charge in [-0.1, -0.05) is 277 Å². The number of hydrogen-bond acceptors (Lipinski definition) is 0. The summed E-state index contributed by atoms with van der Waals surface area (Å²) < 4.78 is 0. The third-order valence-electron chi connectivity index (χ3n) is 11.9. The van der Waals surface area contributed by atoms with E-state index in [1.54, 1.807) is 0 Å². The van der Waals surface area contributed by atoms with Crippen LogP contribution in [0, 0.1) is 6.92 Å². The molecule has 0 saturated carbocycles. The van der Waals surface area contributed by atoms with Gasteiger partial charge in [0.15, 0.2) is 0 Å². The number of allylic oxidation sites excluding steroid dienone is 5. The van der Waals surface area contributed by atoms with E-state index in [0.717, 1.165) is 19.3 Å². The highest BCUT2D eigenvalue weighted by atomic mass is 14.4. The molecule has 0 aliphatic heterocycles. The summed E-state index contributed by atoms with van der Waals surface area (Å²) in [7, 11) is 0. The number of benzene rings is 6. The van der Waals surface area contributed by atoms with Crippen LogP contribution in [0.4, 0.5) is 0 Å². The SMILES string of the molecule is CC.CC.CC.CC.CC.CC.CC.CC.CCc1ccc(/C=C2\c3ccccc3-c3cc(C4=C(/C(C)=C\c5ccc(C)cc5)CCC=C4)c4c(c32)-c2ccccc2/C4=C\c2ccc(C(C)C)cc2)cc1. The van der Waals surface area contributed by atoms with E-state index in [9.17, 15) is 0 Å². The smallest absolute Gasteiger partial charge is 0.000762 e. The van der Waals surface area contributed by atoms with Crippen LogP contribution in [0.3, 0.4) is 0 Å². The predicted molar refractivity (Wildman–Crippen MR) is 329 cm³/mol. The van der Waals surface area contributed by atoms with Crippen molar-refractivity contribution in [1.82, 2.24) is 0 Å². The Kier molecular flexibility index (Phi) is 30.5. The van der Waals surface area contributed by atoms with Crippen LogP contribution in [0.5, 0.6) is 0 Å². The van der Waals surface area contributed by atoms with Crippen LogP contribution in [0.15, 0.2) is 151 Å². The number of aryl methyl sites for hydroxylation is 2. The van der Waals surface area contributed by atoms with Gasteiger partial charge in [-0.3, -0.25) is 0 Å². The summed E-state index contributed by atoms with van der Waals surface area (Å²) in [6.45, 7) is 43.2. The average molecular weight is 950 g/mol. The van der Waals surface area contributed by atoms with Crippen molar-refractivity contribution < 1.29 is 0 Å². The molecular weight excluding hydrogens is 853 g/mol. The summed E-state index contributed by atoms with van der Waals surface area (Å²) in [6.07, 6.45) is 15.2. The molecule has 6 aromatic carbocycles. The fraction of sp³-hybridized carbons (Fsp3) is 0.352. The summed E-state index contributed by atoms with van der Waals surface area (Å²) in [4.78, 5) is 0. The van der Waals surface area contributed by atoms with E-state index in [2.05, 4.69) is 192 Å². The Labute approximate surface area is 437 Å². The number of hydrogen-bond donors (Lipinski definition) is 0. The molecule has 6 aromatic rings. The molecule has 0 nitrogen and oxygen atoms in total. The minimum Gasteiger partial charge on any atom is -0.0836 e. The average Bonchev–Trinajstić information content (AvgIpc) is 3.95. The van der Waals surface area contributed by atoms with E-state index < -0.39 is 0 Å². The molecule has 0 aromatic heterocycles. The predicted octanol–water partition coefficient (Wildman–Crippen LogP) is 23.2. The minimum absolute atomic E-state index is 0.494. The van der Waals surface area contributed by atoms with E-state index >= 15 is 0 Å². The second kappa shape index (κ2) is 34.4. The first kappa shape index (κ1) is 63.0. The van der Waals surface area contributed by atoms with E-state index in [4.69, 9.17) is 0 Å². The monoisotopic (exact) mass is 949 g/mol. The van der Waals surface area contributed by atoms with Crippen molar-refractivity contribution in [1.29, 1.82) is 0 Å². The van der Waals surface area contributed by atoms with Gasteiger partial charge < -0.3 is 0 Å². The van der Waals surface area contributed by atoms with Crippen LogP contribution in [-0.2, 0) is 6.42 Å². The van der Waals surface area contributed by atoms with Crippen molar-refractivity contribution in [3.8, 4) is 22.3 Å². The minimum atomic E-state index is 0.494. The van der Waals surface area contributed by atoms with E-state index in [0.29, 0.717) is 5.92 Å². The molecule has 0 heteroatoms. The van der Waals surface area contributed by atoms with Crippen LogP contribution in [0.25, 0.3) is 57.2 Å². The summed E-state index contributed by atoms with van der Waals surface area (Å²) in [5.41, 5.74) is 26.3. The third kappa shape index (κ3) is 15.3. The molecule has 0 fully saturated rings. The standard InChI is InChI=1S/C55H48.8C2H6/c1-6-38-23-25-40(26-24-38)32-49-45-15-9-10-16-46(45)52-34-51(44-14-8-7-13-43(44)37(5)31-39-21-19-36(4)20-22-39)54-50(33-41-27-29-42(30-28-41)35(2)3)47-17-11-12-18-48(47)55(54)53(49)52;8*1-2/h8-12,14-35H,6-7,13H2,1-5H3;8*1-2H3/b37-31-,49-32+,50-33+;;;;;;;;. The molecule has 0 amide bonds. The first-order valence-corrected chi connectivity index (χ1v) is 28.1. The summed E-state index contributed by atoms with van der Waals surface area (Å²) >= 11 is 0. The molecule has 0 saturated heterocycles. The normalized spacial score (nSPS) is 13.0. The van der Waals surface area contributed by atoms with Crippen molar-refractivity contribution in [2.75, 3.05) is 0 Å². The Bertz CT molecular complexity index is 2610. The van der Waals surface area contributed by atoms with Gasteiger partial charge in [-0.25, -0.2) is 0 Å². The van der Waals surface area contributed by atoms with Crippen LogP contribution < -0.4 is 0 Å². The fourth-order valence-corrected chi connectivity index (χ4v) is 8.88. The molecule has 0 bridgehead atoms. The highest BCUT2D eigenvalue weighted by Gasteiger charge is 2.36. The van der Waals surface area contributed by atoms with Gasteiger partial charge in [0.25, 0.3) is 0 Å². The maximum Gasteiger partial charge on any atom is -0.000762 e. The highest BCUT2D eigenvalue weighted by Crippen LogP contribution is 2.58. The van der Waals surface area contributed by atoms with Crippen molar-refractivity contribution in [2.45, 2.75) is 171 Å². The molecule has 3 aliphatic carbocycles. The second-order valence-electron chi connectivity index (χ2n) is 15.8. The lowest BCUT2D eigenvalue weighted by atomic mass is 9.81. The Morgan fingerprint density at radius 3 is 1.41 bits per heavy atom. The maximum absolute atomic E-state index is 2.54. The van der Waals surface area contributed by atoms with E-state index in [1.807, 2.05) is 111 Å². The molecule has 0 spiro atoms. The molecule has 3 aliphatic rings. The fourth-order valence-electron chi connectivity index (χ4n) is 8.88. The largest absolute Gasteiger partial charge is 0.0836 e. The van der Waals surface area contributed by atoms with E-state index in [1.165, 1.54) is 111 Å². The molecule has 71 heavy (non-hydrogen) atoms. The topological polar surface area (TPSA) is 0 Å². The van der Waals surface area contributed by atoms with Gasteiger partial charge in [0.1, 0.15) is 0 Å². The zero-order chi connectivity index (χ0) is 53.6.